The summed E-state index contributed by atoms with van der Waals surface area (Å²) in [5.74, 6) is 1.20. The summed E-state index contributed by atoms with van der Waals surface area (Å²) in [7, 11) is -6.60. The molecular formula is C28H42N2O4S2. The molecule has 1 aliphatic carbocycles. The summed E-state index contributed by atoms with van der Waals surface area (Å²) >= 11 is 0. The van der Waals surface area contributed by atoms with E-state index in [0.717, 1.165) is 43.2 Å². The molecule has 0 amide bonds. The van der Waals surface area contributed by atoms with E-state index in [9.17, 15) is 16.8 Å². The number of piperidine rings is 1. The number of aryl methyl sites for hydroxylation is 2. The molecule has 1 saturated carbocycles. The van der Waals surface area contributed by atoms with Gasteiger partial charge in [-0.2, -0.15) is 4.31 Å². The number of hydrogen-bond acceptors (Lipinski definition) is 4. The Morgan fingerprint density at radius 3 is 1.72 bits per heavy atom. The minimum atomic E-state index is -3.33. The van der Waals surface area contributed by atoms with Crippen molar-refractivity contribution < 1.29 is 16.8 Å². The Labute approximate surface area is 218 Å². The maximum absolute atomic E-state index is 12.4. The van der Waals surface area contributed by atoms with Crippen LogP contribution in [0.3, 0.4) is 0 Å². The van der Waals surface area contributed by atoms with Crippen molar-refractivity contribution in [2.75, 3.05) is 19.6 Å². The Balaban J connectivity index is 0.000000201. The molecule has 4 rings (SSSR count). The van der Waals surface area contributed by atoms with Gasteiger partial charge in [0.1, 0.15) is 0 Å². The minimum absolute atomic E-state index is 0.365. The fourth-order valence-electron chi connectivity index (χ4n) is 4.84. The molecule has 2 aromatic carbocycles. The highest BCUT2D eigenvalue weighted by Gasteiger charge is 2.28. The number of benzene rings is 2. The standard InChI is InChI=1S/2C14H21NO2S/c1-12-7-9-14(10-8-12)18(16,17)15-11-13-5-3-2-4-6-13;1-3-13-8-10-15(11-9-13)18(16,17)14-6-4-12(2)5-7-14/h7-10,13,15H,2-6,11H2,1H3;4-7,13H,3,8-11H2,1-2H3. The molecule has 0 bridgehead atoms. The molecule has 1 heterocycles. The van der Waals surface area contributed by atoms with Crippen LogP contribution in [0.15, 0.2) is 58.3 Å². The van der Waals surface area contributed by atoms with Gasteiger partial charge in [0.15, 0.2) is 0 Å². The van der Waals surface area contributed by atoms with Crippen molar-refractivity contribution in [1.82, 2.24) is 9.03 Å². The van der Waals surface area contributed by atoms with E-state index < -0.39 is 20.0 Å². The third-order valence-electron chi connectivity index (χ3n) is 7.43. The molecule has 0 atom stereocenters. The van der Waals surface area contributed by atoms with E-state index in [2.05, 4.69) is 11.6 Å². The zero-order chi connectivity index (χ0) is 26.2. The maximum atomic E-state index is 12.4. The largest absolute Gasteiger partial charge is 0.243 e. The van der Waals surface area contributed by atoms with Crippen molar-refractivity contribution >= 4 is 20.0 Å². The lowest BCUT2D eigenvalue weighted by molar-refractivity contribution is 0.269. The number of nitrogens with one attached hydrogen (secondary N) is 1. The van der Waals surface area contributed by atoms with Crippen LogP contribution in [0.1, 0.15) is 69.4 Å². The van der Waals surface area contributed by atoms with Crippen LogP contribution in [-0.2, 0) is 20.0 Å². The Morgan fingerprint density at radius 1 is 0.722 bits per heavy atom. The molecule has 2 fully saturated rings. The number of hydrogen-bond donors (Lipinski definition) is 1. The van der Waals surface area contributed by atoms with Crippen LogP contribution < -0.4 is 4.72 Å². The maximum Gasteiger partial charge on any atom is 0.243 e. The first-order valence-corrected chi connectivity index (χ1v) is 16.2. The van der Waals surface area contributed by atoms with Crippen molar-refractivity contribution in [2.24, 2.45) is 11.8 Å². The average Bonchev–Trinajstić information content (AvgIpc) is 2.89. The molecule has 2 aliphatic rings. The van der Waals surface area contributed by atoms with Crippen LogP contribution in [0, 0.1) is 25.7 Å². The van der Waals surface area contributed by atoms with E-state index in [1.165, 1.54) is 19.3 Å². The average molecular weight is 535 g/mol. The van der Waals surface area contributed by atoms with Gasteiger partial charge in [-0.25, -0.2) is 21.6 Å². The highest BCUT2D eigenvalue weighted by atomic mass is 32.2. The molecule has 200 valence electrons. The predicted molar refractivity (Wildman–Crippen MR) is 146 cm³/mol. The van der Waals surface area contributed by atoms with Crippen LogP contribution in [0.25, 0.3) is 0 Å². The second-order valence-corrected chi connectivity index (χ2v) is 13.9. The molecule has 2 aromatic rings. The molecule has 0 radical (unpaired) electrons. The van der Waals surface area contributed by atoms with Crippen molar-refractivity contribution in [2.45, 2.75) is 81.9 Å². The predicted octanol–water partition coefficient (Wildman–Crippen LogP) is 5.66. The summed E-state index contributed by atoms with van der Waals surface area (Å²) in [6.07, 6.45) is 9.18. The van der Waals surface area contributed by atoms with Gasteiger partial charge in [0.2, 0.25) is 20.0 Å². The van der Waals surface area contributed by atoms with Gasteiger partial charge in [0, 0.05) is 19.6 Å². The lowest BCUT2D eigenvalue weighted by Crippen LogP contribution is -2.38. The fraction of sp³-hybridized carbons (Fsp3) is 0.571. The molecule has 1 saturated heterocycles. The zero-order valence-corrected chi connectivity index (χ0v) is 23.6. The fourth-order valence-corrected chi connectivity index (χ4v) is 7.42. The smallest absolute Gasteiger partial charge is 0.211 e. The van der Waals surface area contributed by atoms with Crippen LogP contribution in [0.5, 0.6) is 0 Å². The van der Waals surface area contributed by atoms with E-state index in [1.54, 1.807) is 28.6 Å². The van der Waals surface area contributed by atoms with Crippen LogP contribution in [0.2, 0.25) is 0 Å². The first kappa shape index (κ1) is 28.8. The summed E-state index contributed by atoms with van der Waals surface area (Å²) in [5.41, 5.74) is 2.15. The van der Waals surface area contributed by atoms with Gasteiger partial charge in [-0.05, 0) is 75.6 Å². The van der Waals surface area contributed by atoms with E-state index >= 15 is 0 Å². The van der Waals surface area contributed by atoms with Gasteiger partial charge < -0.3 is 0 Å². The van der Waals surface area contributed by atoms with Crippen LogP contribution in [-0.4, -0.2) is 40.8 Å². The van der Waals surface area contributed by atoms with Crippen LogP contribution in [0.4, 0.5) is 0 Å². The molecule has 36 heavy (non-hydrogen) atoms. The van der Waals surface area contributed by atoms with E-state index in [-0.39, 0.29) is 0 Å². The zero-order valence-electron chi connectivity index (χ0n) is 21.9. The molecule has 6 nitrogen and oxygen atoms in total. The minimum Gasteiger partial charge on any atom is -0.211 e. The van der Waals surface area contributed by atoms with Gasteiger partial charge in [-0.1, -0.05) is 68.0 Å². The number of rotatable bonds is 7. The summed E-state index contributed by atoms with van der Waals surface area (Å²) in [4.78, 5) is 0.784. The molecular weight excluding hydrogens is 492 g/mol. The summed E-state index contributed by atoms with van der Waals surface area (Å²) in [6.45, 7) is 7.99. The second-order valence-electron chi connectivity index (χ2n) is 10.2. The Hall–Kier alpha value is -1.74. The first-order chi connectivity index (χ1) is 17.1. The van der Waals surface area contributed by atoms with Crippen molar-refractivity contribution in [3.63, 3.8) is 0 Å². The molecule has 1 aliphatic heterocycles. The molecule has 0 aromatic heterocycles. The number of nitrogens with zero attached hydrogens (tertiary/aromatic N) is 1. The lowest BCUT2D eigenvalue weighted by Gasteiger charge is -2.30. The molecule has 0 unspecified atom stereocenters. The number of sulfonamides is 2. The van der Waals surface area contributed by atoms with Gasteiger partial charge in [0.25, 0.3) is 0 Å². The highest BCUT2D eigenvalue weighted by Crippen LogP contribution is 2.26. The van der Waals surface area contributed by atoms with Crippen LogP contribution >= 0.6 is 0 Å². The lowest BCUT2D eigenvalue weighted by atomic mass is 9.90. The van der Waals surface area contributed by atoms with E-state index in [0.29, 0.717) is 41.3 Å². The van der Waals surface area contributed by atoms with Gasteiger partial charge in [0.05, 0.1) is 9.79 Å². The topological polar surface area (TPSA) is 83.6 Å². The molecule has 1 N–H and O–H groups in total. The van der Waals surface area contributed by atoms with Gasteiger partial charge >= 0.3 is 0 Å². The highest BCUT2D eigenvalue weighted by molar-refractivity contribution is 7.89. The second kappa shape index (κ2) is 13.2. The van der Waals surface area contributed by atoms with E-state index in [1.807, 2.05) is 38.1 Å². The Bertz CT molecular complexity index is 1150. The Morgan fingerprint density at radius 2 is 1.22 bits per heavy atom. The van der Waals surface area contributed by atoms with Gasteiger partial charge in [-0.3, -0.25) is 0 Å². The third kappa shape index (κ3) is 8.13. The SMILES string of the molecule is CCC1CCN(S(=O)(=O)c2ccc(C)cc2)CC1.Cc1ccc(S(=O)(=O)NCC2CCCCC2)cc1. The van der Waals surface area contributed by atoms with Crippen molar-refractivity contribution in [3.8, 4) is 0 Å². The van der Waals surface area contributed by atoms with Crippen molar-refractivity contribution in [1.29, 1.82) is 0 Å². The first-order valence-electron chi connectivity index (χ1n) is 13.2. The van der Waals surface area contributed by atoms with Gasteiger partial charge in [-0.15, -0.1) is 0 Å². The molecule has 8 heteroatoms. The normalized spacial score (nSPS) is 18.4. The Kier molecular flexibility index (Phi) is 10.5. The third-order valence-corrected chi connectivity index (χ3v) is 10.8. The monoisotopic (exact) mass is 534 g/mol. The molecule has 0 spiro atoms. The van der Waals surface area contributed by atoms with Crippen molar-refractivity contribution in [3.05, 3.63) is 59.7 Å². The summed E-state index contributed by atoms with van der Waals surface area (Å²) in [5, 5.41) is 0. The van der Waals surface area contributed by atoms with E-state index in [4.69, 9.17) is 0 Å². The summed E-state index contributed by atoms with van der Waals surface area (Å²) < 4.78 is 53.4. The quantitative estimate of drug-likeness (QED) is 0.497. The summed E-state index contributed by atoms with van der Waals surface area (Å²) in [6, 6.07) is 14.1.